The molecule has 0 amide bonds. The second kappa shape index (κ2) is 10.3. The van der Waals surface area contributed by atoms with Crippen LogP contribution in [0.2, 0.25) is 0 Å². The first-order chi connectivity index (χ1) is 16.1. The van der Waals surface area contributed by atoms with Gasteiger partial charge in [0.2, 0.25) is 5.95 Å². The first-order valence-electron chi connectivity index (χ1n) is 12.3. The van der Waals surface area contributed by atoms with E-state index in [9.17, 15) is 9.59 Å². The van der Waals surface area contributed by atoms with E-state index in [1.165, 1.54) is 22.0 Å². The van der Waals surface area contributed by atoms with E-state index in [0.717, 1.165) is 56.0 Å². The quantitative estimate of drug-likeness (QED) is 0.454. The topological polar surface area (TPSA) is 74.3 Å². The molecule has 0 fully saturated rings. The van der Waals surface area contributed by atoms with Crippen LogP contribution in [0.1, 0.15) is 58.8 Å². The third kappa shape index (κ3) is 4.56. The van der Waals surface area contributed by atoms with Gasteiger partial charge in [0.05, 0.1) is 6.61 Å². The van der Waals surface area contributed by atoms with Gasteiger partial charge in [-0.3, -0.25) is 13.9 Å². The second-order valence-electron chi connectivity index (χ2n) is 8.73. The molecule has 33 heavy (non-hydrogen) atoms. The van der Waals surface area contributed by atoms with E-state index in [-0.39, 0.29) is 11.2 Å². The van der Waals surface area contributed by atoms with E-state index >= 15 is 0 Å². The number of unbranched alkanes of at least 4 members (excludes halogenated alkanes) is 4. The highest BCUT2D eigenvalue weighted by molar-refractivity contribution is 5.76. The number of fused-ring (bicyclic) bond motifs is 3. The molecule has 0 N–H and O–H groups in total. The molecular weight excluding hydrogens is 418 g/mol. The SMILES string of the molecule is CCCCCCCn1c(=O)c2c(nc3n2CCCCN3c2ccc(OCC)cc2)n(C)c1=O. The Labute approximate surface area is 194 Å². The van der Waals surface area contributed by atoms with E-state index in [4.69, 9.17) is 9.72 Å². The largest absolute Gasteiger partial charge is 0.494 e. The van der Waals surface area contributed by atoms with Gasteiger partial charge in [0.25, 0.3) is 5.56 Å². The minimum absolute atomic E-state index is 0.226. The maximum absolute atomic E-state index is 13.5. The third-order valence-corrected chi connectivity index (χ3v) is 6.41. The summed E-state index contributed by atoms with van der Waals surface area (Å²) in [6.45, 7) is 6.73. The molecular formula is C25H35N5O3. The van der Waals surface area contributed by atoms with Gasteiger partial charge < -0.3 is 14.2 Å². The Morgan fingerprint density at radius 1 is 0.970 bits per heavy atom. The number of hydrogen-bond donors (Lipinski definition) is 0. The molecule has 2 aromatic heterocycles. The van der Waals surface area contributed by atoms with Crippen LogP contribution in [-0.4, -0.2) is 31.8 Å². The molecule has 178 valence electrons. The molecule has 0 atom stereocenters. The lowest BCUT2D eigenvalue weighted by molar-refractivity contribution is 0.340. The number of benzene rings is 1. The summed E-state index contributed by atoms with van der Waals surface area (Å²) in [5.74, 6) is 1.55. The van der Waals surface area contributed by atoms with E-state index in [1.807, 2.05) is 35.8 Å². The van der Waals surface area contributed by atoms with Gasteiger partial charge in [0, 0.05) is 32.4 Å². The summed E-state index contributed by atoms with van der Waals surface area (Å²) in [5, 5.41) is 0. The van der Waals surface area contributed by atoms with Crippen LogP contribution in [0.15, 0.2) is 33.9 Å². The molecule has 1 aromatic carbocycles. The minimum Gasteiger partial charge on any atom is -0.494 e. The molecule has 4 rings (SSSR count). The van der Waals surface area contributed by atoms with Crippen LogP contribution in [0.25, 0.3) is 11.2 Å². The number of aromatic nitrogens is 4. The predicted molar refractivity (Wildman–Crippen MR) is 132 cm³/mol. The van der Waals surface area contributed by atoms with Crippen molar-refractivity contribution >= 4 is 22.8 Å². The molecule has 0 spiro atoms. The Morgan fingerprint density at radius 3 is 2.42 bits per heavy atom. The van der Waals surface area contributed by atoms with E-state index < -0.39 is 0 Å². The summed E-state index contributed by atoms with van der Waals surface area (Å²) >= 11 is 0. The Morgan fingerprint density at radius 2 is 1.70 bits per heavy atom. The van der Waals surface area contributed by atoms with Gasteiger partial charge in [0.1, 0.15) is 5.75 Å². The zero-order valence-corrected chi connectivity index (χ0v) is 20.0. The molecule has 0 saturated heterocycles. The van der Waals surface area contributed by atoms with Crippen LogP contribution in [0.5, 0.6) is 5.75 Å². The summed E-state index contributed by atoms with van der Waals surface area (Å²) in [5.41, 5.74) is 1.47. The van der Waals surface area contributed by atoms with Gasteiger partial charge in [-0.1, -0.05) is 32.6 Å². The van der Waals surface area contributed by atoms with Gasteiger partial charge in [-0.2, -0.15) is 4.98 Å². The Hall–Kier alpha value is -3.03. The monoisotopic (exact) mass is 453 g/mol. The first kappa shape index (κ1) is 23.1. The van der Waals surface area contributed by atoms with Crippen molar-refractivity contribution in [3.63, 3.8) is 0 Å². The highest BCUT2D eigenvalue weighted by Gasteiger charge is 2.25. The number of aryl methyl sites for hydroxylation is 2. The zero-order valence-electron chi connectivity index (χ0n) is 20.0. The summed E-state index contributed by atoms with van der Waals surface area (Å²) < 4.78 is 10.5. The maximum atomic E-state index is 13.5. The molecule has 0 radical (unpaired) electrons. The number of nitrogens with zero attached hydrogens (tertiary/aromatic N) is 5. The molecule has 3 heterocycles. The predicted octanol–water partition coefficient (Wildman–Crippen LogP) is 4.20. The van der Waals surface area contributed by atoms with Gasteiger partial charge in [-0.05, 0) is 50.5 Å². The molecule has 0 bridgehead atoms. The van der Waals surface area contributed by atoms with Crippen LogP contribution < -0.4 is 20.9 Å². The normalized spacial score (nSPS) is 13.8. The highest BCUT2D eigenvalue weighted by Crippen LogP contribution is 2.31. The lowest BCUT2D eigenvalue weighted by Crippen LogP contribution is -2.39. The lowest BCUT2D eigenvalue weighted by atomic mass is 10.1. The summed E-state index contributed by atoms with van der Waals surface area (Å²) in [4.78, 5) is 33.4. The fourth-order valence-electron chi connectivity index (χ4n) is 4.62. The standard InChI is InChI=1S/C25H35N5O3/c1-4-6-7-8-9-18-30-23(31)21-22(27(3)25(30)32)26-24-28(16-10-11-17-29(21)24)19-12-14-20(15-13-19)33-5-2/h12-15H,4-11,16-18H2,1-3H3. The smallest absolute Gasteiger partial charge is 0.332 e. The van der Waals surface area contributed by atoms with Crippen molar-refractivity contribution in [3.05, 3.63) is 45.1 Å². The highest BCUT2D eigenvalue weighted by atomic mass is 16.5. The number of anilines is 2. The van der Waals surface area contributed by atoms with Crippen LogP contribution in [-0.2, 0) is 20.1 Å². The first-order valence-corrected chi connectivity index (χ1v) is 12.3. The van der Waals surface area contributed by atoms with Crippen molar-refractivity contribution in [1.82, 2.24) is 18.7 Å². The molecule has 1 aliphatic rings. The molecule has 3 aromatic rings. The Balaban J connectivity index is 1.75. The Bertz CT molecular complexity index is 1210. The molecule has 0 unspecified atom stereocenters. The number of rotatable bonds is 9. The van der Waals surface area contributed by atoms with Crippen molar-refractivity contribution in [2.45, 2.75) is 71.9 Å². The van der Waals surface area contributed by atoms with Gasteiger partial charge in [-0.15, -0.1) is 0 Å². The molecule has 8 nitrogen and oxygen atoms in total. The maximum Gasteiger partial charge on any atom is 0.332 e. The van der Waals surface area contributed by atoms with Crippen molar-refractivity contribution in [1.29, 1.82) is 0 Å². The Kier molecular flexibility index (Phi) is 7.20. The average Bonchev–Trinajstić information content (AvgIpc) is 3.08. The number of hydrogen-bond acceptors (Lipinski definition) is 5. The van der Waals surface area contributed by atoms with Crippen molar-refractivity contribution < 1.29 is 4.74 Å². The molecule has 8 heteroatoms. The third-order valence-electron chi connectivity index (χ3n) is 6.41. The fraction of sp³-hybridized carbons (Fsp3) is 0.560. The van der Waals surface area contributed by atoms with Gasteiger partial charge in [-0.25, -0.2) is 4.79 Å². The molecule has 0 aliphatic carbocycles. The van der Waals surface area contributed by atoms with Crippen LogP contribution in [0.4, 0.5) is 11.6 Å². The summed E-state index contributed by atoms with van der Waals surface area (Å²) in [6, 6.07) is 7.96. The molecule has 0 saturated carbocycles. The fourth-order valence-corrected chi connectivity index (χ4v) is 4.62. The van der Waals surface area contributed by atoms with Gasteiger partial charge in [0.15, 0.2) is 11.2 Å². The van der Waals surface area contributed by atoms with E-state index in [1.54, 1.807) is 7.05 Å². The van der Waals surface area contributed by atoms with Crippen LogP contribution in [0.3, 0.4) is 0 Å². The van der Waals surface area contributed by atoms with E-state index in [0.29, 0.717) is 30.9 Å². The number of ether oxygens (including phenoxy) is 1. The zero-order chi connectivity index (χ0) is 23.4. The second-order valence-corrected chi connectivity index (χ2v) is 8.73. The van der Waals surface area contributed by atoms with Crippen LogP contribution in [0, 0.1) is 0 Å². The van der Waals surface area contributed by atoms with Gasteiger partial charge >= 0.3 is 5.69 Å². The minimum atomic E-state index is -0.288. The summed E-state index contributed by atoms with van der Waals surface area (Å²) in [7, 11) is 1.71. The van der Waals surface area contributed by atoms with Crippen LogP contribution >= 0.6 is 0 Å². The average molecular weight is 454 g/mol. The van der Waals surface area contributed by atoms with Crippen molar-refractivity contribution in [2.75, 3.05) is 18.1 Å². The number of imidazole rings is 1. The molecule has 1 aliphatic heterocycles. The van der Waals surface area contributed by atoms with Crippen molar-refractivity contribution in [3.8, 4) is 5.75 Å². The summed E-state index contributed by atoms with van der Waals surface area (Å²) in [6.07, 6.45) is 7.29. The van der Waals surface area contributed by atoms with E-state index in [2.05, 4.69) is 11.8 Å². The van der Waals surface area contributed by atoms with Crippen molar-refractivity contribution in [2.24, 2.45) is 7.05 Å². The lowest BCUT2D eigenvalue weighted by Gasteiger charge is -2.22.